The molecule has 0 spiro atoms. The summed E-state index contributed by atoms with van der Waals surface area (Å²) in [5.74, 6) is 2.03. The second-order valence-electron chi connectivity index (χ2n) is 8.56. The normalized spacial score (nSPS) is 14.6. The zero-order valence-electron chi connectivity index (χ0n) is 18.8. The van der Waals surface area contributed by atoms with Crippen molar-refractivity contribution in [3.63, 3.8) is 0 Å². The summed E-state index contributed by atoms with van der Waals surface area (Å²) in [5.41, 5.74) is 2.13. The number of anilines is 3. The number of benzene rings is 2. The van der Waals surface area contributed by atoms with Crippen LogP contribution in [0.1, 0.15) is 37.1 Å². The van der Waals surface area contributed by atoms with Gasteiger partial charge in [-0.2, -0.15) is 5.10 Å². The monoisotopic (exact) mass is 472 g/mol. The third kappa shape index (κ3) is 4.52. The van der Waals surface area contributed by atoms with Gasteiger partial charge < -0.3 is 10.6 Å². The molecule has 7 nitrogen and oxygen atoms in total. The Labute approximate surface area is 203 Å². The minimum atomic E-state index is -0.511. The molecule has 0 unspecified atom stereocenters. The van der Waals surface area contributed by atoms with Crippen LogP contribution >= 0.6 is 11.6 Å². The summed E-state index contributed by atoms with van der Waals surface area (Å²) in [7, 11) is 0. The van der Waals surface area contributed by atoms with Gasteiger partial charge in [-0.3, -0.25) is 4.79 Å². The second kappa shape index (κ2) is 9.27. The Morgan fingerprint density at radius 2 is 1.71 bits per heavy atom. The van der Waals surface area contributed by atoms with E-state index in [9.17, 15) is 4.79 Å². The molecule has 1 fully saturated rings. The summed E-state index contributed by atoms with van der Waals surface area (Å²) in [4.78, 5) is 22.3. The summed E-state index contributed by atoms with van der Waals surface area (Å²) >= 11 is 6.07. The van der Waals surface area contributed by atoms with E-state index in [1.807, 2.05) is 73.8 Å². The number of aryl methyl sites for hydroxylation is 1. The van der Waals surface area contributed by atoms with Gasteiger partial charge in [0.15, 0.2) is 5.82 Å². The standard InChI is InChI=1S/C26H25ClN6O/c1-18-29-23(17-24(30-18)33-16-4-15-28-33)31-21-9-11-22(12-10-21)32-25(34)26(13-2-3-14-26)19-5-7-20(27)8-6-19/h4-12,15-17H,2-3,13-14H2,1H3,(H,32,34)(H,29,30,31). The van der Waals surface area contributed by atoms with E-state index in [2.05, 4.69) is 25.7 Å². The molecule has 0 saturated heterocycles. The first-order chi connectivity index (χ1) is 16.5. The molecular weight excluding hydrogens is 448 g/mol. The van der Waals surface area contributed by atoms with Crippen molar-refractivity contribution in [1.82, 2.24) is 19.7 Å². The predicted molar refractivity (Wildman–Crippen MR) is 134 cm³/mol. The highest BCUT2D eigenvalue weighted by Gasteiger charge is 2.42. The molecule has 5 rings (SSSR count). The van der Waals surface area contributed by atoms with Crippen molar-refractivity contribution in [2.24, 2.45) is 0 Å². The molecule has 2 N–H and O–H groups in total. The number of halogens is 1. The van der Waals surface area contributed by atoms with Crippen LogP contribution in [0.4, 0.5) is 17.2 Å². The van der Waals surface area contributed by atoms with E-state index in [0.29, 0.717) is 22.5 Å². The number of hydrogen-bond acceptors (Lipinski definition) is 5. The quantitative estimate of drug-likeness (QED) is 0.369. The maximum absolute atomic E-state index is 13.4. The summed E-state index contributed by atoms with van der Waals surface area (Å²) in [6.07, 6.45) is 7.30. The zero-order valence-corrected chi connectivity index (χ0v) is 19.6. The Morgan fingerprint density at radius 1 is 1.00 bits per heavy atom. The van der Waals surface area contributed by atoms with Crippen molar-refractivity contribution in [2.75, 3.05) is 10.6 Å². The minimum absolute atomic E-state index is 0.0309. The molecule has 0 bridgehead atoms. The molecular formula is C26H25ClN6O. The maximum atomic E-state index is 13.4. The number of carbonyl (C=O) groups is 1. The molecule has 1 aliphatic carbocycles. The first-order valence-electron chi connectivity index (χ1n) is 11.3. The van der Waals surface area contributed by atoms with E-state index in [1.54, 1.807) is 10.9 Å². The van der Waals surface area contributed by atoms with Gasteiger partial charge in [0.1, 0.15) is 11.6 Å². The third-order valence-electron chi connectivity index (χ3n) is 6.27. The van der Waals surface area contributed by atoms with Crippen LogP contribution in [-0.2, 0) is 10.2 Å². The summed E-state index contributed by atoms with van der Waals surface area (Å²) in [5, 5.41) is 11.3. The van der Waals surface area contributed by atoms with Gasteiger partial charge in [-0.15, -0.1) is 0 Å². The Morgan fingerprint density at radius 3 is 2.38 bits per heavy atom. The predicted octanol–water partition coefficient (Wildman–Crippen LogP) is 5.82. The third-order valence-corrected chi connectivity index (χ3v) is 6.52. The fourth-order valence-corrected chi connectivity index (χ4v) is 4.69. The lowest BCUT2D eigenvalue weighted by atomic mass is 9.78. The van der Waals surface area contributed by atoms with Gasteiger partial charge in [0.25, 0.3) is 0 Å². The molecule has 172 valence electrons. The molecule has 0 atom stereocenters. The Hall–Kier alpha value is -3.71. The minimum Gasteiger partial charge on any atom is -0.340 e. The van der Waals surface area contributed by atoms with Gasteiger partial charge in [-0.05, 0) is 67.8 Å². The highest BCUT2D eigenvalue weighted by molar-refractivity contribution is 6.30. The molecule has 2 heterocycles. The maximum Gasteiger partial charge on any atom is 0.235 e. The summed E-state index contributed by atoms with van der Waals surface area (Å²) < 4.78 is 1.69. The Bertz CT molecular complexity index is 1280. The first-order valence-corrected chi connectivity index (χ1v) is 11.7. The van der Waals surface area contributed by atoms with Gasteiger partial charge >= 0.3 is 0 Å². The van der Waals surface area contributed by atoms with E-state index in [1.165, 1.54) is 0 Å². The molecule has 1 amide bonds. The van der Waals surface area contributed by atoms with Crippen molar-refractivity contribution in [3.05, 3.63) is 89.5 Å². The van der Waals surface area contributed by atoms with E-state index in [4.69, 9.17) is 11.6 Å². The van der Waals surface area contributed by atoms with Gasteiger partial charge in [0, 0.05) is 34.9 Å². The molecule has 2 aromatic heterocycles. The highest BCUT2D eigenvalue weighted by Crippen LogP contribution is 2.42. The highest BCUT2D eigenvalue weighted by atomic mass is 35.5. The van der Waals surface area contributed by atoms with Gasteiger partial charge in [-0.1, -0.05) is 36.6 Å². The van der Waals surface area contributed by atoms with Crippen molar-refractivity contribution < 1.29 is 4.79 Å². The molecule has 0 aliphatic heterocycles. The van der Waals surface area contributed by atoms with Crippen molar-refractivity contribution in [3.8, 4) is 5.82 Å². The lowest BCUT2D eigenvalue weighted by molar-refractivity contribution is -0.121. The molecule has 0 radical (unpaired) electrons. The van der Waals surface area contributed by atoms with Crippen LogP contribution in [-0.4, -0.2) is 25.7 Å². The number of carbonyl (C=O) groups excluding carboxylic acids is 1. The number of amides is 1. The Kier molecular flexibility index (Phi) is 6.02. The van der Waals surface area contributed by atoms with E-state index in [0.717, 1.165) is 42.6 Å². The SMILES string of the molecule is Cc1nc(Nc2ccc(NC(=O)C3(c4ccc(Cl)cc4)CCCC3)cc2)cc(-n2cccn2)n1. The molecule has 4 aromatic rings. The molecule has 2 aromatic carbocycles. The van der Waals surface area contributed by atoms with E-state index in [-0.39, 0.29) is 5.91 Å². The zero-order chi connectivity index (χ0) is 23.5. The van der Waals surface area contributed by atoms with Crippen LogP contribution in [0.5, 0.6) is 0 Å². The number of hydrogen-bond donors (Lipinski definition) is 2. The number of aromatic nitrogens is 4. The van der Waals surface area contributed by atoms with E-state index < -0.39 is 5.41 Å². The summed E-state index contributed by atoms with van der Waals surface area (Å²) in [6.45, 7) is 1.84. The van der Waals surface area contributed by atoms with Crippen molar-refractivity contribution >= 4 is 34.7 Å². The van der Waals surface area contributed by atoms with Crippen molar-refractivity contribution in [2.45, 2.75) is 38.0 Å². The Balaban J connectivity index is 1.31. The van der Waals surface area contributed by atoms with Crippen LogP contribution in [0, 0.1) is 6.92 Å². The molecule has 8 heteroatoms. The largest absolute Gasteiger partial charge is 0.340 e. The van der Waals surface area contributed by atoms with Crippen LogP contribution in [0.2, 0.25) is 5.02 Å². The summed E-state index contributed by atoms with van der Waals surface area (Å²) in [6, 6.07) is 19.0. The van der Waals surface area contributed by atoms with Gasteiger partial charge in [-0.25, -0.2) is 14.6 Å². The topological polar surface area (TPSA) is 84.7 Å². The fraction of sp³-hybridized carbons (Fsp3) is 0.231. The number of nitrogens with one attached hydrogen (secondary N) is 2. The average Bonchev–Trinajstić information content (AvgIpc) is 3.54. The lowest BCUT2D eigenvalue weighted by Gasteiger charge is -2.28. The number of nitrogens with zero attached hydrogens (tertiary/aromatic N) is 4. The molecule has 1 saturated carbocycles. The lowest BCUT2D eigenvalue weighted by Crippen LogP contribution is -2.37. The van der Waals surface area contributed by atoms with Gasteiger partial charge in [0.2, 0.25) is 5.91 Å². The van der Waals surface area contributed by atoms with Crippen molar-refractivity contribution in [1.29, 1.82) is 0 Å². The van der Waals surface area contributed by atoms with Gasteiger partial charge in [0.05, 0.1) is 5.41 Å². The van der Waals surface area contributed by atoms with Crippen LogP contribution in [0.15, 0.2) is 73.1 Å². The smallest absolute Gasteiger partial charge is 0.235 e. The molecule has 34 heavy (non-hydrogen) atoms. The molecule has 1 aliphatic rings. The average molecular weight is 473 g/mol. The first kappa shape index (κ1) is 22.1. The van der Waals surface area contributed by atoms with Crippen LogP contribution in [0.25, 0.3) is 5.82 Å². The van der Waals surface area contributed by atoms with Crippen LogP contribution in [0.3, 0.4) is 0 Å². The second-order valence-corrected chi connectivity index (χ2v) is 9.00. The number of rotatable bonds is 6. The van der Waals surface area contributed by atoms with E-state index >= 15 is 0 Å². The fourth-order valence-electron chi connectivity index (χ4n) is 4.57. The van der Waals surface area contributed by atoms with Crippen LogP contribution < -0.4 is 10.6 Å².